The number of esters is 1. The summed E-state index contributed by atoms with van der Waals surface area (Å²) in [5.74, 6) is -3.52. The number of ether oxygens (including phenoxy) is 1. The number of hydrogen-bond acceptors (Lipinski definition) is 8. The highest BCUT2D eigenvalue weighted by molar-refractivity contribution is 7.17. The van der Waals surface area contributed by atoms with E-state index in [0.29, 0.717) is 11.3 Å². The number of halogens is 1. The number of carbonyl (C=O) groups excluding carboxylic acids is 3. The van der Waals surface area contributed by atoms with Gasteiger partial charge in [-0.2, -0.15) is 0 Å². The molecule has 0 saturated carbocycles. The van der Waals surface area contributed by atoms with Crippen molar-refractivity contribution in [2.24, 2.45) is 0 Å². The third-order valence-corrected chi connectivity index (χ3v) is 5.97. The molecule has 2 aromatic heterocycles. The molecular weight excluding hydrogens is 439 g/mol. The summed E-state index contributed by atoms with van der Waals surface area (Å²) in [7, 11) is 0. The largest absolute Gasteiger partial charge is 0.503 e. The van der Waals surface area contributed by atoms with Crippen molar-refractivity contribution in [1.29, 1.82) is 0 Å². The first kappa shape index (κ1) is 21.4. The Hall–Kier alpha value is -3.79. The summed E-state index contributed by atoms with van der Waals surface area (Å²) in [4.78, 5) is 44.0. The lowest BCUT2D eigenvalue weighted by atomic mass is 9.95. The Morgan fingerprint density at radius 2 is 2.00 bits per heavy atom. The maximum absolute atomic E-state index is 13.6. The Morgan fingerprint density at radius 1 is 1.28 bits per heavy atom. The number of aromatic nitrogens is 1. The van der Waals surface area contributed by atoms with Gasteiger partial charge in [0.2, 0.25) is 5.78 Å². The molecule has 0 saturated heterocycles. The molecule has 164 valence electrons. The number of carbonyl (C=O) groups is 3. The zero-order valence-corrected chi connectivity index (χ0v) is 17.8. The molecule has 1 aromatic carbocycles. The molecule has 1 aliphatic rings. The standard InChI is InChI=1S/C22H17FN2O6S/c1-3-30-21(29)19-11(2)24-22(32-19)25-16(12-6-8-13(23)9-7-12)15(18(27)20(25)28)17(26)14-5-4-10-31-14/h4-10,16,27H,3H2,1-2H3. The van der Waals surface area contributed by atoms with E-state index in [1.165, 1.54) is 42.7 Å². The van der Waals surface area contributed by atoms with E-state index in [2.05, 4.69) is 4.98 Å². The van der Waals surface area contributed by atoms with Crippen LogP contribution < -0.4 is 4.90 Å². The third kappa shape index (κ3) is 3.58. The van der Waals surface area contributed by atoms with Crippen molar-refractivity contribution in [3.63, 3.8) is 0 Å². The van der Waals surface area contributed by atoms with E-state index in [0.717, 1.165) is 16.2 Å². The van der Waals surface area contributed by atoms with Crippen LogP contribution in [0.5, 0.6) is 0 Å². The average Bonchev–Trinajstić information content (AvgIpc) is 3.48. The Labute approximate surface area is 185 Å². The van der Waals surface area contributed by atoms with Crippen molar-refractivity contribution in [1.82, 2.24) is 4.98 Å². The second-order valence-electron chi connectivity index (χ2n) is 6.83. The molecule has 32 heavy (non-hydrogen) atoms. The number of nitrogens with zero attached hydrogens (tertiary/aromatic N) is 2. The van der Waals surface area contributed by atoms with Gasteiger partial charge in [0.1, 0.15) is 10.7 Å². The number of ketones is 1. The fourth-order valence-corrected chi connectivity index (χ4v) is 4.39. The van der Waals surface area contributed by atoms with Crippen LogP contribution in [-0.4, -0.2) is 34.4 Å². The van der Waals surface area contributed by atoms with E-state index in [1.54, 1.807) is 13.8 Å². The number of anilines is 1. The molecule has 0 aliphatic carbocycles. The number of aliphatic hydroxyl groups is 1. The van der Waals surface area contributed by atoms with E-state index in [4.69, 9.17) is 9.15 Å². The summed E-state index contributed by atoms with van der Waals surface area (Å²) in [5.41, 5.74) is 0.464. The van der Waals surface area contributed by atoms with Gasteiger partial charge in [-0.05, 0) is 43.7 Å². The highest BCUT2D eigenvalue weighted by Crippen LogP contribution is 2.43. The first-order valence-electron chi connectivity index (χ1n) is 9.58. The number of aryl methyl sites for hydroxylation is 1. The number of rotatable bonds is 6. The van der Waals surface area contributed by atoms with Crippen molar-refractivity contribution < 1.29 is 33.0 Å². The second-order valence-corrected chi connectivity index (χ2v) is 7.81. The van der Waals surface area contributed by atoms with Crippen LogP contribution in [0, 0.1) is 12.7 Å². The highest BCUT2D eigenvalue weighted by atomic mass is 32.1. The topological polar surface area (TPSA) is 110 Å². The van der Waals surface area contributed by atoms with Crippen molar-refractivity contribution in [3.8, 4) is 0 Å². The van der Waals surface area contributed by atoms with E-state index in [1.807, 2.05) is 0 Å². The summed E-state index contributed by atoms with van der Waals surface area (Å²) >= 11 is 0.896. The van der Waals surface area contributed by atoms with E-state index in [9.17, 15) is 23.9 Å². The molecule has 3 aromatic rings. The number of benzene rings is 1. The van der Waals surface area contributed by atoms with Gasteiger partial charge in [-0.1, -0.05) is 23.5 Å². The Bertz CT molecular complexity index is 1230. The van der Waals surface area contributed by atoms with Gasteiger partial charge in [-0.25, -0.2) is 14.2 Å². The molecule has 0 spiro atoms. The minimum absolute atomic E-state index is 0.0733. The van der Waals surface area contributed by atoms with E-state index >= 15 is 0 Å². The number of amides is 1. The SMILES string of the molecule is CCOC(=O)c1sc(N2C(=O)C(O)=C(C(=O)c3ccco3)C2c2ccc(F)cc2)nc1C. The van der Waals surface area contributed by atoms with Gasteiger partial charge in [0, 0.05) is 0 Å². The molecule has 3 heterocycles. The lowest BCUT2D eigenvalue weighted by Gasteiger charge is -2.24. The van der Waals surface area contributed by atoms with Crippen LogP contribution in [0.3, 0.4) is 0 Å². The smallest absolute Gasteiger partial charge is 0.350 e. The molecule has 1 unspecified atom stereocenters. The van der Waals surface area contributed by atoms with Crippen LogP contribution >= 0.6 is 11.3 Å². The van der Waals surface area contributed by atoms with Crippen molar-refractivity contribution in [2.45, 2.75) is 19.9 Å². The number of Topliss-reactive ketones (excluding diaryl/α,β-unsaturated/α-hetero) is 1. The van der Waals surface area contributed by atoms with Gasteiger partial charge < -0.3 is 14.3 Å². The average molecular weight is 456 g/mol. The molecule has 1 amide bonds. The fourth-order valence-electron chi connectivity index (χ4n) is 3.41. The molecule has 1 aliphatic heterocycles. The second kappa shape index (κ2) is 8.39. The van der Waals surface area contributed by atoms with Gasteiger partial charge in [-0.15, -0.1) is 0 Å². The number of furan rings is 1. The first-order valence-corrected chi connectivity index (χ1v) is 10.4. The maximum Gasteiger partial charge on any atom is 0.350 e. The van der Waals surface area contributed by atoms with Crippen molar-refractivity contribution in [3.05, 3.63) is 81.7 Å². The molecular formula is C22H17FN2O6S. The van der Waals surface area contributed by atoms with Gasteiger partial charge in [0.15, 0.2) is 16.7 Å². The molecule has 0 bridgehead atoms. The Balaban J connectivity index is 1.84. The summed E-state index contributed by atoms with van der Waals surface area (Å²) in [5, 5.41) is 10.7. The summed E-state index contributed by atoms with van der Waals surface area (Å²) in [6.45, 7) is 3.41. The lowest BCUT2D eigenvalue weighted by molar-refractivity contribution is -0.117. The first-order chi connectivity index (χ1) is 15.3. The molecule has 10 heteroatoms. The molecule has 1 N–H and O–H groups in total. The summed E-state index contributed by atoms with van der Waals surface area (Å²) < 4.78 is 23.7. The van der Waals surface area contributed by atoms with Crippen LogP contribution in [0.4, 0.5) is 9.52 Å². The van der Waals surface area contributed by atoms with Crippen LogP contribution in [0.25, 0.3) is 0 Å². The van der Waals surface area contributed by atoms with Crippen molar-refractivity contribution in [2.75, 3.05) is 11.5 Å². The van der Waals surface area contributed by atoms with Crippen LogP contribution in [0.15, 0.2) is 58.4 Å². The Morgan fingerprint density at radius 3 is 2.62 bits per heavy atom. The van der Waals surface area contributed by atoms with Crippen molar-refractivity contribution >= 4 is 34.1 Å². The minimum Gasteiger partial charge on any atom is -0.503 e. The monoisotopic (exact) mass is 456 g/mol. The zero-order valence-electron chi connectivity index (χ0n) is 17.0. The number of aliphatic hydroxyl groups excluding tert-OH is 1. The Kier molecular flexibility index (Phi) is 5.62. The number of hydrogen-bond donors (Lipinski definition) is 1. The predicted molar refractivity (Wildman–Crippen MR) is 112 cm³/mol. The van der Waals surface area contributed by atoms with Gasteiger partial charge >= 0.3 is 5.97 Å². The fraction of sp³-hybridized carbons (Fsp3) is 0.182. The molecule has 0 radical (unpaired) electrons. The quantitative estimate of drug-likeness (QED) is 0.438. The van der Waals surface area contributed by atoms with E-state index < -0.39 is 35.3 Å². The summed E-state index contributed by atoms with van der Waals surface area (Å²) in [6, 6.07) is 6.97. The zero-order chi connectivity index (χ0) is 23.0. The van der Waals surface area contributed by atoms with Crippen LogP contribution in [-0.2, 0) is 9.53 Å². The molecule has 0 fully saturated rings. The summed E-state index contributed by atoms with van der Waals surface area (Å²) in [6.07, 6.45) is 1.29. The van der Waals surface area contributed by atoms with Crippen LogP contribution in [0.2, 0.25) is 0 Å². The lowest BCUT2D eigenvalue weighted by Crippen LogP contribution is -2.31. The highest BCUT2D eigenvalue weighted by Gasteiger charge is 2.46. The normalized spacial score (nSPS) is 16.0. The minimum atomic E-state index is -1.11. The molecule has 8 nitrogen and oxygen atoms in total. The van der Waals surface area contributed by atoms with Crippen LogP contribution in [0.1, 0.15) is 44.4 Å². The molecule has 1 atom stereocenters. The van der Waals surface area contributed by atoms with Gasteiger partial charge in [-0.3, -0.25) is 14.5 Å². The third-order valence-electron chi connectivity index (χ3n) is 4.84. The maximum atomic E-state index is 13.6. The predicted octanol–water partition coefficient (Wildman–Crippen LogP) is 4.14. The van der Waals surface area contributed by atoms with Gasteiger partial charge in [0.25, 0.3) is 5.91 Å². The number of thiazole rings is 1. The van der Waals surface area contributed by atoms with Gasteiger partial charge in [0.05, 0.1) is 30.2 Å². The molecule has 4 rings (SSSR count). The van der Waals surface area contributed by atoms with E-state index in [-0.39, 0.29) is 27.9 Å².